The summed E-state index contributed by atoms with van der Waals surface area (Å²) >= 11 is 0. The molecule has 25 heavy (non-hydrogen) atoms. The number of aliphatic imine (C=N–C) groups is 1. The van der Waals surface area contributed by atoms with Crippen LogP contribution in [0.2, 0.25) is 0 Å². The highest BCUT2D eigenvalue weighted by atomic mass is 16.5. The number of hydrogen-bond acceptors (Lipinski definition) is 4. The van der Waals surface area contributed by atoms with Crippen LogP contribution in [0.3, 0.4) is 0 Å². The van der Waals surface area contributed by atoms with Crippen molar-refractivity contribution in [3.63, 3.8) is 0 Å². The molecule has 2 fully saturated rings. The monoisotopic (exact) mass is 353 g/mol. The number of likely N-dealkylation sites (N-methyl/N-ethyl adjacent to an activating group) is 1. The third-order valence-corrected chi connectivity index (χ3v) is 5.99. The second-order valence-electron chi connectivity index (χ2n) is 7.58. The van der Waals surface area contributed by atoms with Crippen molar-refractivity contribution in [1.82, 2.24) is 20.4 Å². The number of rotatable bonds is 9. The number of piperazine rings is 1. The molecule has 6 nitrogen and oxygen atoms in total. The molecule has 1 saturated carbocycles. The maximum Gasteiger partial charge on any atom is 0.191 e. The highest BCUT2D eigenvalue weighted by Gasteiger charge is 2.33. The van der Waals surface area contributed by atoms with E-state index in [0.717, 1.165) is 38.6 Å². The Morgan fingerprint density at radius 1 is 1.08 bits per heavy atom. The van der Waals surface area contributed by atoms with Crippen molar-refractivity contribution >= 4 is 5.96 Å². The van der Waals surface area contributed by atoms with E-state index in [9.17, 15) is 0 Å². The molecule has 2 aliphatic rings. The Hall–Kier alpha value is -0.850. The van der Waals surface area contributed by atoms with Crippen LogP contribution in [0, 0.1) is 5.41 Å². The minimum Gasteiger partial charge on any atom is -0.385 e. The highest BCUT2D eigenvalue weighted by molar-refractivity contribution is 5.79. The summed E-state index contributed by atoms with van der Waals surface area (Å²) in [7, 11) is 3.67. The van der Waals surface area contributed by atoms with Gasteiger partial charge in [-0.2, -0.15) is 0 Å². The predicted molar refractivity (Wildman–Crippen MR) is 105 cm³/mol. The quantitative estimate of drug-likeness (QED) is 0.485. The molecular weight excluding hydrogens is 314 g/mol. The van der Waals surface area contributed by atoms with E-state index < -0.39 is 0 Å². The van der Waals surface area contributed by atoms with E-state index >= 15 is 0 Å². The highest BCUT2D eigenvalue weighted by Crippen LogP contribution is 2.40. The molecular formula is C19H39N5O. The number of ether oxygens (including phenoxy) is 1. The molecule has 0 aromatic heterocycles. The molecule has 2 rings (SSSR count). The second-order valence-corrected chi connectivity index (χ2v) is 7.58. The van der Waals surface area contributed by atoms with E-state index in [1.54, 1.807) is 7.11 Å². The average Bonchev–Trinajstić information content (AvgIpc) is 3.12. The molecule has 1 heterocycles. The van der Waals surface area contributed by atoms with Crippen LogP contribution in [-0.4, -0.2) is 88.9 Å². The first-order chi connectivity index (χ1) is 12.2. The van der Waals surface area contributed by atoms with Crippen LogP contribution in [0.1, 0.15) is 39.0 Å². The molecule has 0 unspecified atom stereocenters. The van der Waals surface area contributed by atoms with Gasteiger partial charge in [-0.25, -0.2) is 0 Å². The number of methoxy groups -OCH3 is 1. The van der Waals surface area contributed by atoms with E-state index in [4.69, 9.17) is 4.74 Å². The lowest BCUT2D eigenvalue weighted by molar-refractivity contribution is 0.137. The number of nitrogens with one attached hydrogen (secondary N) is 2. The molecule has 0 aromatic rings. The summed E-state index contributed by atoms with van der Waals surface area (Å²) in [5.74, 6) is 0.941. The Balaban J connectivity index is 1.66. The van der Waals surface area contributed by atoms with Crippen molar-refractivity contribution in [1.29, 1.82) is 0 Å². The van der Waals surface area contributed by atoms with Crippen LogP contribution in [0.15, 0.2) is 4.99 Å². The van der Waals surface area contributed by atoms with Crippen molar-refractivity contribution in [2.45, 2.75) is 39.0 Å². The predicted octanol–water partition coefficient (Wildman–Crippen LogP) is 1.39. The van der Waals surface area contributed by atoms with E-state index in [1.807, 2.05) is 7.05 Å². The normalized spacial score (nSPS) is 22.3. The standard InChI is InChI=1S/C19H39N5O/c1-4-23-12-14-24(15-13-23)11-10-21-18(20-2)22-17-19(9-16-25-3)7-5-6-8-19/h4-17H2,1-3H3,(H2,20,21,22). The maximum atomic E-state index is 5.33. The average molecular weight is 354 g/mol. The zero-order valence-corrected chi connectivity index (χ0v) is 16.6. The molecule has 0 spiro atoms. The number of hydrogen-bond donors (Lipinski definition) is 2. The summed E-state index contributed by atoms with van der Waals surface area (Å²) in [4.78, 5) is 9.47. The SMILES string of the molecule is CCN1CCN(CCNC(=NC)NCC2(CCOC)CCCC2)CC1. The molecule has 0 bridgehead atoms. The van der Waals surface area contributed by atoms with Gasteiger partial charge in [0.1, 0.15) is 0 Å². The Bertz CT molecular complexity index is 387. The lowest BCUT2D eigenvalue weighted by atomic mass is 9.83. The Kier molecular flexibility index (Phi) is 8.99. The van der Waals surface area contributed by atoms with Gasteiger partial charge in [-0.3, -0.25) is 9.89 Å². The van der Waals surface area contributed by atoms with Crippen LogP contribution >= 0.6 is 0 Å². The van der Waals surface area contributed by atoms with E-state index in [2.05, 4.69) is 32.3 Å². The van der Waals surface area contributed by atoms with Crippen LogP contribution in [0.4, 0.5) is 0 Å². The molecule has 1 aliphatic carbocycles. The zero-order chi connectivity index (χ0) is 18.0. The van der Waals surface area contributed by atoms with Gasteiger partial charge in [0.2, 0.25) is 0 Å². The van der Waals surface area contributed by atoms with Gasteiger partial charge in [0.15, 0.2) is 5.96 Å². The van der Waals surface area contributed by atoms with Gasteiger partial charge in [0, 0.05) is 66.6 Å². The molecule has 0 radical (unpaired) electrons. The third kappa shape index (κ3) is 6.76. The summed E-state index contributed by atoms with van der Waals surface area (Å²) in [6.07, 6.45) is 6.46. The molecule has 2 N–H and O–H groups in total. The Morgan fingerprint density at radius 2 is 1.76 bits per heavy atom. The first-order valence-corrected chi connectivity index (χ1v) is 10.1. The fourth-order valence-corrected chi connectivity index (χ4v) is 4.11. The van der Waals surface area contributed by atoms with E-state index in [0.29, 0.717) is 5.41 Å². The Morgan fingerprint density at radius 3 is 2.36 bits per heavy atom. The summed E-state index contributed by atoms with van der Waals surface area (Å²) in [6, 6.07) is 0. The van der Waals surface area contributed by atoms with E-state index in [-0.39, 0.29) is 0 Å². The van der Waals surface area contributed by atoms with E-state index in [1.165, 1.54) is 58.4 Å². The fraction of sp³-hybridized carbons (Fsp3) is 0.947. The van der Waals surface area contributed by atoms with Crippen molar-refractivity contribution in [3.8, 4) is 0 Å². The second kappa shape index (κ2) is 11.0. The maximum absolute atomic E-state index is 5.33. The minimum atomic E-state index is 0.393. The zero-order valence-electron chi connectivity index (χ0n) is 16.6. The molecule has 146 valence electrons. The van der Waals surface area contributed by atoms with Crippen LogP contribution in [0.25, 0.3) is 0 Å². The molecule has 1 aliphatic heterocycles. The van der Waals surface area contributed by atoms with Gasteiger partial charge >= 0.3 is 0 Å². The molecule has 0 aromatic carbocycles. The number of guanidine groups is 1. The topological polar surface area (TPSA) is 52.1 Å². The molecule has 0 atom stereocenters. The lowest BCUT2D eigenvalue weighted by Crippen LogP contribution is -2.49. The van der Waals surface area contributed by atoms with Crippen molar-refractivity contribution < 1.29 is 4.74 Å². The van der Waals surface area contributed by atoms with Crippen LogP contribution in [0.5, 0.6) is 0 Å². The number of nitrogens with zero attached hydrogens (tertiary/aromatic N) is 3. The lowest BCUT2D eigenvalue weighted by Gasteiger charge is -2.34. The van der Waals surface area contributed by atoms with Crippen molar-refractivity contribution in [3.05, 3.63) is 0 Å². The largest absolute Gasteiger partial charge is 0.385 e. The molecule has 0 amide bonds. The van der Waals surface area contributed by atoms with Gasteiger partial charge in [-0.1, -0.05) is 19.8 Å². The van der Waals surface area contributed by atoms with Gasteiger partial charge in [-0.15, -0.1) is 0 Å². The first-order valence-electron chi connectivity index (χ1n) is 10.1. The summed E-state index contributed by atoms with van der Waals surface area (Å²) in [5, 5.41) is 7.06. The summed E-state index contributed by atoms with van der Waals surface area (Å²) < 4.78 is 5.33. The smallest absolute Gasteiger partial charge is 0.191 e. The summed E-state index contributed by atoms with van der Waals surface area (Å²) in [6.45, 7) is 12.1. The van der Waals surface area contributed by atoms with Crippen molar-refractivity contribution in [2.24, 2.45) is 10.4 Å². The van der Waals surface area contributed by atoms with Crippen molar-refractivity contribution in [2.75, 3.05) is 73.1 Å². The van der Waals surface area contributed by atoms with Gasteiger partial charge < -0.3 is 20.3 Å². The van der Waals surface area contributed by atoms with Gasteiger partial charge in [0.25, 0.3) is 0 Å². The van der Waals surface area contributed by atoms with Gasteiger partial charge in [-0.05, 0) is 31.2 Å². The van der Waals surface area contributed by atoms with Crippen LogP contribution in [-0.2, 0) is 4.74 Å². The molecule has 6 heteroatoms. The van der Waals surface area contributed by atoms with Gasteiger partial charge in [0.05, 0.1) is 0 Å². The summed E-state index contributed by atoms with van der Waals surface area (Å²) in [5.41, 5.74) is 0.393. The molecule has 1 saturated heterocycles. The Labute approximate surface area is 154 Å². The van der Waals surface area contributed by atoms with Crippen LogP contribution < -0.4 is 10.6 Å². The third-order valence-electron chi connectivity index (χ3n) is 5.99. The minimum absolute atomic E-state index is 0.393. The first kappa shape index (κ1) is 20.5. The fourth-order valence-electron chi connectivity index (χ4n) is 4.11.